The van der Waals surface area contributed by atoms with Crippen molar-refractivity contribution >= 4 is 28.1 Å². The number of sulfonamides is 1. The molecule has 1 aliphatic carbocycles. The van der Waals surface area contributed by atoms with Gasteiger partial charge in [0.1, 0.15) is 0 Å². The van der Waals surface area contributed by atoms with Crippen molar-refractivity contribution < 1.29 is 8.42 Å². The SMILES string of the molecule is CC(C)c1ccc(S(=O)(=O)Nc2cccc(C34C[C@@H]3CN(C)C4)c2)cc1.Cl. The number of nitrogens with one attached hydrogen (secondary N) is 1. The van der Waals surface area contributed by atoms with Gasteiger partial charge in [-0.3, -0.25) is 4.72 Å². The maximum absolute atomic E-state index is 12.7. The van der Waals surface area contributed by atoms with Crippen molar-refractivity contribution in [2.24, 2.45) is 5.92 Å². The molecule has 2 aromatic rings. The molecular weight excluding hydrogens is 380 g/mol. The van der Waals surface area contributed by atoms with E-state index in [1.165, 1.54) is 12.0 Å². The van der Waals surface area contributed by atoms with Crippen LogP contribution in [0, 0.1) is 5.92 Å². The van der Waals surface area contributed by atoms with Crippen LogP contribution in [0.15, 0.2) is 53.4 Å². The minimum atomic E-state index is -3.57. The van der Waals surface area contributed by atoms with Crippen LogP contribution in [0.4, 0.5) is 5.69 Å². The standard InChI is InChI=1S/C21H26N2O2S.ClH/c1-15(2)16-7-9-20(10-8-16)26(24,25)22-19-6-4-5-17(11-19)21-12-18(21)13-23(3)14-21;/h4-11,15,18,22H,12-14H2,1-3H3;1H/t18-,21?;/m1./s1. The number of halogens is 1. The average Bonchev–Trinajstić information content (AvgIpc) is 3.17. The summed E-state index contributed by atoms with van der Waals surface area (Å²) in [6, 6.07) is 15.1. The molecule has 1 aliphatic heterocycles. The smallest absolute Gasteiger partial charge is 0.261 e. The van der Waals surface area contributed by atoms with Crippen LogP contribution in [0.2, 0.25) is 0 Å². The minimum absolute atomic E-state index is 0. The maximum atomic E-state index is 12.7. The number of likely N-dealkylation sites (N-methyl/N-ethyl adjacent to an activating group) is 1. The lowest BCUT2D eigenvalue weighted by molar-refractivity contribution is 0.363. The second-order valence-corrected chi connectivity index (χ2v) is 9.85. The molecule has 2 fully saturated rings. The molecule has 0 radical (unpaired) electrons. The molecule has 0 aromatic heterocycles. The van der Waals surface area contributed by atoms with E-state index in [1.54, 1.807) is 12.1 Å². The van der Waals surface area contributed by atoms with E-state index in [2.05, 4.69) is 36.6 Å². The number of benzene rings is 2. The number of nitrogens with zero attached hydrogens (tertiary/aromatic N) is 1. The zero-order valence-corrected chi connectivity index (χ0v) is 17.6. The Morgan fingerprint density at radius 3 is 2.44 bits per heavy atom. The largest absolute Gasteiger partial charge is 0.305 e. The van der Waals surface area contributed by atoms with Gasteiger partial charge in [0.15, 0.2) is 0 Å². The molecule has 1 unspecified atom stereocenters. The highest BCUT2D eigenvalue weighted by Crippen LogP contribution is 2.58. The predicted octanol–water partition coefficient (Wildman–Crippen LogP) is 4.24. The second-order valence-electron chi connectivity index (χ2n) is 8.16. The summed E-state index contributed by atoms with van der Waals surface area (Å²) in [7, 11) is -1.42. The Kier molecular flexibility index (Phi) is 5.32. The quantitative estimate of drug-likeness (QED) is 0.808. The average molecular weight is 407 g/mol. The lowest BCUT2D eigenvalue weighted by Crippen LogP contribution is -2.22. The normalized spacial score (nSPS) is 24.4. The van der Waals surface area contributed by atoms with Gasteiger partial charge in [-0.25, -0.2) is 8.42 Å². The number of piperidine rings is 1. The third-order valence-corrected chi connectivity index (χ3v) is 7.26. The van der Waals surface area contributed by atoms with Crippen LogP contribution in [0.1, 0.15) is 37.3 Å². The van der Waals surface area contributed by atoms with Gasteiger partial charge in [0.05, 0.1) is 4.90 Å². The fraction of sp³-hybridized carbons (Fsp3) is 0.429. The second kappa shape index (κ2) is 7.12. The summed E-state index contributed by atoms with van der Waals surface area (Å²) >= 11 is 0. The molecule has 1 saturated carbocycles. The summed E-state index contributed by atoms with van der Waals surface area (Å²) in [5.41, 5.74) is 3.26. The summed E-state index contributed by atoms with van der Waals surface area (Å²) in [5.74, 6) is 1.09. The molecule has 146 valence electrons. The van der Waals surface area contributed by atoms with Crippen molar-refractivity contribution in [1.82, 2.24) is 4.90 Å². The molecule has 2 aliphatic rings. The Morgan fingerprint density at radius 2 is 1.85 bits per heavy atom. The summed E-state index contributed by atoms with van der Waals surface area (Å²) < 4.78 is 28.2. The summed E-state index contributed by atoms with van der Waals surface area (Å²) in [6.07, 6.45) is 1.21. The highest BCUT2D eigenvalue weighted by atomic mass is 35.5. The molecule has 4 rings (SSSR count). The van der Waals surface area contributed by atoms with Gasteiger partial charge in [-0.15, -0.1) is 12.4 Å². The van der Waals surface area contributed by atoms with Crippen molar-refractivity contribution in [2.45, 2.75) is 36.5 Å². The molecular formula is C21H27ClN2O2S. The molecule has 27 heavy (non-hydrogen) atoms. The highest BCUT2D eigenvalue weighted by molar-refractivity contribution is 7.92. The lowest BCUT2D eigenvalue weighted by atomic mass is 9.95. The van der Waals surface area contributed by atoms with Crippen molar-refractivity contribution in [2.75, 3.05) is 24.9 Å². The van der Waals surface area contributed by atoms with Gasteiger partial charge in [-0.05, 0) is 60.7 Å². The number of likely N-dealkylation sites (tertiary alicyclic amines) is 1. The highest BCUT2D eigenvalue weighted by Gasteiger charge is 2.59. The Bertz CT molecular complexity index is 927. The fourth-order valence-corrected chi connectivity index (χ4v) is 5.37. The van der Waals surface area contributed by atoms with Crippen LogP contribution in [0.3, 0.4) is 0 Å². The van der Waals surface area contributed by atoms with Crippen molar-refractivity contribution in [3.8, 4) is 0 Å². The maximum Gasteiger partial charge on any atom is 0.261 e. The predicted molar refractivity (Wildman–Crippen MR) is 112 cm³/mol. The van der Waals surface area contributed by atoms with Crippen molar-refractivity contribution in [3.63, 3.8) is 0 Å². The fourth-order valence-electron chi connectivity index (χ4n) is 4.32. The van der Waals surface area contributed by atoms with Gasteiger partial charge in [-0.1, -0.05) is 38.1 Å². The first kappa shape index (κ1) is 20.2. The summed E-state index contributed by atoms with van der Waals surface area (Å²) in [6.45, 7) is 6.39. The van der Waals surface area contributed by atoms with Crippen molar-refractivity contribution in [1.29, 1.82) is 0 Å². The number of hydrogen-bond donors (Lipinski definition) is 1. The van der Waals surface area contributed by atoms with Crippen LogP contribution < -0.4 is 4.72 Å². The monoisotopic (exact) mass is 406 g/mol. The number of rotatable bonds is 5. The van der Waals surface area contributed by atoms with Crippen LogP contribution in [-0.2, 0) is 15.4 Å². The zero-order chi connectivity index (χ0) is 18.5. The van der Waals surface area contributed by atoms with E-state index in [4.69, 9.17) is 0 Å². The van der Waals surface area contributed by atoms with E-state index in [-0.39, 0.29) is 17.8 Å². The van der Waals surface area contributed by atoms with Gasteiger partial charge in [-0.2, -0.15) is 0 Å². The third-order valence-electron chi connectivity index (χ3n) is 5.86. The zero-order valence-electron chi connectivity index (χ0n) is 16.0. The Hall–Kier alpha value is -1.56. The molecule has 2 aromatic carbocycles. The van der Waals surface area contributed by atoms with Gasteiger partial charge < -0.3 is 4.90 Å². The molecule has 1 heterocycles. The first-order chi connectivity index (χ1) is 12.3. The minimum Gasteiger partial charge on any atom is -0.305 e. The Balaban J connectivity index is 0.00000210. The topological polar surface area (TPSA) is 49.4 Å². The first-order valence-electron chi connectivity index (χ1n) is 9.22. The van der Waals surface area contributed by atoms with Crippen molar-refractivity contribution in [3.05, 3.63) is 59.7 Å². The molecule has 6 heteroatoms. The van der Waals surface area contributed by atoms with Gasteiger partial charge in [0, 0.05) is 24.2 Å². The van der Waals surface area contributed by atoms with E-state index in [9.17, 15) is 8.42 Å². The van der Waals surface area contributed by atoms with Gasteiger partial charge in [0.2, 0.25) is 0 Å². The van der Waals surface area contributed by atoms with E-state index < -0.39 is 10.0 Å². The number of hydrogen-bond acceptors (Lipinski definition) is 3. The van der Waals surface area contributed by atoms with Gasteiger partial charge in [0.25, 0.3) is 10.0 Å². The van der Waals surface area contributed by atoms with Gasteiger partial charge >= 0.3 is 0 Å². The van der Waals surface area contributed by atoms with E-state index >= 15 is 0 Å². The molecule has 0 amide bonds. The first-order valence-corrected chi connectivity index (χ1v) is 10.7. The van der Waals surface area contributed by atoms with Crippen LogP contribution in [0.5, 0.6) is 0 Å². The molecule has 0 spiro atoms. The summed E-state index contributed by atoms with van der Waals surface area (Å²) in [5, 5.41) is 0. The molecule has 2 atom stereocenters. The van der Waals surface area contributed by atoms with Crippen LogP contribution in [-0.4, -0.2) is 33.5 Å². The number of anilines is 1. The van der Waals surface area contributed by atoms with E-state index in [0.29, 0.717) is 22.4 Å². The van der Waals surface area contributed by atoms with E-state index in [1.807, 2.05) is 30.3 Å². The molecule has 1 N–H and O–H groups in total. The molecule has 0 bridgehead atoms. The lowest BCUT2D eigenvalue weighted by Gasteiger charge is -2.18. The molecule has 1 saturated heterocycles. The van der Waals surface area contributed by atoms with E-state index in [0.717, 1.165) is 18.7 Å². The third kappa shape index (κ3) is 3.73. The molecule has 4 nitrogen and oxygen atoms in total. The Labute approximate surface area is 168 Å². The van der Waals surface area contributed by atoms with Crippen LogP contribution in [0.25, 0.3) is 0 Å². The summed E-state index contributed by atoms with van der Waals surface area (Å²) in [4.78, 5) is 2.66. The number of fused-ring (bicyclic) bond motifs is 1. The Morgan fingerprint density at radius 1 is 1.15 bits per heavy atom. The van der Waals surface area contributed by atoms with Crippen LogP contribution >= 0.6 is 12.4 Å².